The van der Waals surface area contributed by atoms with E-state index < -0.39 is 37.4 Å². The summed E-state index contributed by atoms with van der Waals surface area (Å²) in [4.78, 5) is 36.2. The van der Waals surface area contributed by atoms with Crippen molar-refractivity contribution >= 4 is 26.0 Å². The van der Waals surface area contributed by atoms with E-state index in [4.69, 9.17) is 9.16 Å². The lowest BCUT2D eigenvalue weighted by atomic mass is 9.93. The molecular weight excluding hydrogens is 290 g/mol. The van der Waals surface area contributed by atoms with Crippen LogP contribution in [0, 0.1) is 5.92 Å². The van der Waals surface area contributed by atoms with Gasteiger partial charge in [-0.3, -0.25) is 9.59 Å². The Morgan fingerprint density at radius 1 is 1.33 bits per heavy atom. The number of Topliss-reactive ketones (excluding diaryl/α,β-unsaturated/α-hetero) is 1. The van der Waals surface area contributed by atoms with Gasteiger partial charge in [0.15, 0.2) is 14.1 Å². The third kappa shape index (κ3) is 3.03. The minimum atomic E-state index is -2.16. The van der Waals surface area contributed by atoms with Crippen LogP contribution in [0.15, 0.2) is 0 Å². The Morgan fingerprint density at radius 2 is 1.86 bits per heavy atom. The van der Waals surface area contributed by atoms with Crippen molar-refractivity contribution in [3.05, 3.63) is 0 Å². The maximum absolute atomic E-state index is 12.4. The van der Waals surface area contributed by atoms with Crippen molar-refractivity contribution < 1.29 is 23.5 Å². The average molecular weight is 315 g/mol. The van der Waals surface area contributed by atoms with Gasteiger partial charge in [-0.25, -0.2) is 4.79 Å². The lowest BCUT2D eigenvalue weighted by Crippen LogP contribution is -2.60. The third-order valence-corrected chi connectivity index (χ3v) is 9.01. The predicted octanol–water partition coefficient (Wildman–Crippen LogP) is 1.25. The smallest absolute Gasteiger partial charge is 0.341 e. The molecule has 7 heteroatoms. The predicted molar refractivity (Wildman–Crippen MR) is 80.2 cm³/mol. The first kappa shape index (κ1) is 17.8. The number of nitrogens with one attached hydrogen (secondary N) is 1. The van der Waals surface area contributed by atoms with E-state index in [9.17, 15) is 14.4 Å². The molecule has 1 amide bonds. The molecule has 0 spiro atoms. The first-order valence-electron chi connectivity index (χ1n) is 6.98. The normalized spacial score (nSPS) is 26.7. The van der Waals surface area contributed by atoms with Crippen molar-refractivity contribution in [1.82, 2.24) is 5.32 Å². The molecule has 1 saturated heterocycles. The van der Waals surface area contributed by atoms with E-state index in [1.165, 1.54) is 14.0 Å². The minimum Gasteiger partial charge on any atom is -0.467 e. The molecule has 1 fully saturated rings. The minimum absolute atomic E-state index is 0.0679. The largest absolute Gasteiger partial charge is 0.467 e. The molecule has 0 bridgehead atoms. The number of ether oxygens (including phenoxy) is 1. The van der Waals surface area contributed by atoms with Crippen LogP contribution in [0.2, 0.25) is 18.1 Å². The number of methoxy groups -OCH3 is 1. The number of amides is 1. The Morgan fingerprint density at radius 3 is 2.19 bits per heavy atom. The third-order valence-electron chi connectivity index (χ3n) is 4.53. The van der Waals surface area contributed by atoms with E-state index in [0.29, 0.717) is 0 Å². The Kier molecular flexibility index (Phi) is 4.70. The molecule has 0 aromatic rings. The summed E-state index contributed by atoms with van der Waals surface area (Å²) in [5, 5.41) is 2.41. The summed E-state index contributed by atoms with van der Waals surface area (Å²) in [7, 11) is -0.970. The maximum Gasteiger partial charge on any atom is 0.341 e. The molecule has 0 aliphatic carbocycles. The summed E-state index contributed by atoms with van der Waals surface area (Å²) in [5.74, 6) is -2.60. The van der Waals surface area contributed by atoms with Crippen molar-refractivity contribution in [3.63, 3.8) is 0 Å². The summed E-state index contributed by atoms with van der Waals surface area (Å²) >= 11 is 0. The number of ketones is 1. The van der Waals surface area contributed by atoms with Gasteiger partial charge in [0.05, 0.1) is 19.6 Å². The molecule has 120 valence electrons. The molecular formula is C14H25NO5Si. The van der Waals surface area contributed by atoms with Gasteiger partial charge in [0.2, 0.25) is 11.4 Å². The highest BCUT2D eigenvalue weighted by Gasteiger charge is 2.58. The molecule has 2 atom stereocenters. The van der Waals surface area contributed by atoms with Gasteiger partial charge in [-0.05, 0) is 25.1 Å². The first-order chi connectivity index (χ1) is 9.39. The van der Waals surface area contributed by atoms with E-state index in [0.717, 1.165) is 0 Å². The van der Waals surface area contributed by atoms with Crippen LogP contribution in [0.4, 0.5) is 0 Å². The molecule has 0 aromatic carbocycles. The number of carbonyl (C=O) groups excluding carboxylic acids is 3. The fourth-order valence-corrected chi connectivity index (χ4v) is 2.88. The van der Waals surface area contributed by atoms with Crippen LogP contribution in [-0.2, 0) is 23.5 Å². The van der Waals surface area contributed by atoms with Gasteiger partial charge < -0.3 is 14.5 Å². The van der Waals surface area contributed by atoms with E-state index in [2.05, 4.69) is 26.1 Å². The van der Waals surface area contributed by atoms with Gasteiger partial charge in [-0.1, -0.05) is 20.8 Å². The topological polar surface area (TPSA) is 81.7 Å². The summed E-state index contributed by atoms with van der Waals surface area (Å²) in [6.07, 6.45) is 0. The molecule has 1 aliphatic heterocycles. The van der Waals surface area contributed by atoms with Gasteiger partial charge in [-0.15, -0.1) is 0 Å². The molecule has 1 aliphatic rings. The van der Waals surface area contributed by atoms with Gasteiger partial charge in [0.1, 0.15) is 0 Å². The molecule has 0 radical (unpaired) electrons. The zero-order valence-electron chi connectivity index (χ0n) is 13.8. The zero-order valence-corrected chi connectivity index (χ0v) is 14.8. The SMILES string of the molecule is COC(=O)[C@]1(CO[Si](C)(C)C(C)(C)C)NC(=O)[C@H](C)C1=O. The highest BCUT2D eigenvalue weighted by molar-refractivity contribution is 6.74. The van der Waals surface area contributed by atoms with Crippen LogP contribution in [0.5, 0.6) is 0 Å². The molecule has 1 rings (SSSR count). The van der Waals surface area contributed by atoms with E-state index in [-0.39, 0.29) is 11.6 Å². The summed E-state index contributed by atoms with van der Waals surface area (Å²) in [5.41, 5.74) is -1.71. The summed E-state index contributed by atoms with van der Waals surface area (Å²) < 4.78 is 10.7. The summed E-state index contributed by atoms with van der Waals surface area (Å²) in [6, 6.07) is 0. The number of hydrogen-bond acceptors (Lipinski definition) is 5. The Labute approximate surface area is 126 Å². The lowest BCUT2D eigenvalue weighted by molar-refractivity contribution is -0.154. The van der Waals surface area contributed by atoms with E-state index in [1.807, 2.05) is 13.1 Å². The van der Waals surface area contributed by atoms with E-state index in [1.54, 1.807) is 0 Å². The van der Waals surface area contributed by atoms with Crippen molar-refractivity contribution in [2.75, 3.05) is 13.7 Å². The van der Waals surface area contributed by atoms with Crippen molar-refractivity contribution in [1.29, 1.82) is 0 Å². The Hall–Kier alpha value is -1.21. The molecule has 0 saturated carbocycles. The van der Waals surface area contributed by atoms with Crippen LogP contribution in [0.3, 0.4) is 0 Å². The van der Waals surface area contributed by atoms with Crippen LogP contribution >= 0.6 is 0 Å². The highest BCUT2D eigenvalue weighted by Crippen LogP contribution is 2.37. The van der Waals surface area contributed by atoms with Crippen LogP contribution in [0.1, 0.15) is 27.7 Å². The standard InChI is InChI=1S/C14H25NO5Si/c1-9-10(16)14(12(18)19-5,15-11(9)17)8-20-21(6,7)13(2,3)4/h9H,8H2,1-7H3,(H,15,17)/t9-,14-/m1/s1. The molecule has 0 aromatic heterocycles. The second kappa shape index (κ2) is 5.53. The van der Waals surface area contributed by atoms with Gasteiger partial charge >= 0.3 is 5.97 Å². The first-order valence-corrected chi connectivity index (χ1v) is 9.88. The molecule has 1 heterocycles. The van der Waals surface area contributed by atoms with E-state index >= 15 is 0 Å². The second-order valence-corrected chi connectivity index (χ2v) is 11.8. The molecule has 0 unspecified atom stereocenters. The lowest BCUT2D eigenvalue weighted by Gasteiger charge is -2.38. The van der Waals surface area contributed by atoms with Crippen molar-refractivity contribution in [2.24, 2.45) is 5.92 Å². The number of esters is 1. The fourth-order valence-electron chi connectivity index (χ4n) is 1.87. The van der Waals surface area contributed by atoms with Crippen LogP contribution < -0.4 is 5.32 Å². The number of hydrogen-bond donors (Lipinski definition) is 1. The summed E-state index contributed by atoms with van der Waals surface area (Å²) in [6.45, 7) is 11.5. The Bertz CT molecular complexity index is 468. The highest BCUT2D eigenvalue weighted by atomic mass is 28.4. The quantitative estimate of drug-likeness (QED) is 0.480. The molecule has 21 heavy (non-hydrogen) atoms. The van der Waals surface area contributed by atoms with Crippen molar-refractivity contribution in [2.45, 2.75) is 51.4 Å². The Balaban J connectivity index is 3.06. The monoisotopic (exact) mass is 315 g/mol. The molecule has 6 nitrogen and oxygen atoms in total. The number of carbonyl (C=O) groups is 3. The molecule has 1 N–H and O–H groups in total. The van der Waals surface area contributed by atoms with Gasteiger partial charge in [-0.2, -0.15) is 0 Å². The van der Waals surface area contributed by atoms with Crippen LogP contribution in [-0.4, -0.2) is 45.2 Å². The van der Waals surface area contributed by atoms with Crippen LogP contribution in [0.25, 0.3) is 0 Å². The zero-order chi connectivity index (χ0) is 16.6. The maximum atomic E-state index is 12.4. The van der Waals surface area contributed by atoms with Gasteiger partial charge in [0, 0.05) is 0 Å². The van der Waals surface area contributed by atoms with Crippen molar-refractivity contribution in [3.8, 4) is 0 Å². The fraction of sp³-hybridized carbons (Fsp3) is 0.786. The average Bonchev–Trinajstić information content (AvgIpc) is 2.59. The number of rotatable bonds is 4. The second-order valence-electron chi connectivity index (χ2n) is 7.02. The van der Waals surface area contributed by atoms with Gasteiger partial charge in [0.25, 0.3) is 0 Å².